The average molecular weight is 565 g/mol. The van der Waals surface area contributed by atoms with Gasteiger partial charge in [-0.1, -0.05) is 53.6 Å². The van der Waals surface area contributed by atoms with Crippen LogP contribution in [0.2, 0.25) is 0 Å². The summed E-state index contributed by atoms with van der Waals surface area (Å²) in [5, 5.41) is 0. The quantitative estimate of drug-likeness (QED) is 0.178. The normalized spacial score (nSPS) is 9.74. The number of hydrogen-bond donors (Lipinski definition) is 0. The van der Waals surface area contributed by atoms with E-state index in [1.165, 1.54) is 11.1 Å². The maximum absolute atomic E-state index is 5.71. The van der Waals surface area contributed by atoms with Crippen LogP contribution in [0, 0.1) is 13.8 Å². The highest BCUT2D eigenvalue weighted by Crippen LogP contribution is 2.25. The summed E-state index contributed by atoms with van der Waals surface area (Å²) in [5.41, 5.74) is 2.49. The Kier molecular flexibility index (Phi) is 13.3. The van der Waals surface area contributed by atoms with E-state index in [4.69, 9.17) is 23.7 Å². The van der Waals surface area contributed by atoms with E-state index in [9.17, 15) is 0 Å². The number of benzene rings is 5. The number of para-hydroxylation sites is 1. The maximum atomic E-state index is 5.71. The smallest absolute Gasteiger partial charge is 0.127 e. The number of rotatable bonds is 9. The van der Waals surface area contributed by atoms with Crippen LogP contribution in [0.3, 0.4) is 0 Å². The fraction of sp³-hybridized carbons (Fsp3) is 0.189. The van der Waals surface area contributed by atoms with E-state index in [1.807, 2.05) is 141 Å². The molecule has 0 saturated carbocycles. The van der Waals surface area contributed by atoms with Crippen molar-refractivity contribution >= 4 is 0 Å². The molecule has 5 aromatic carbocycles. The van der Waals surface area contributed by atoms with E-state index in [1.54, 1.807) is 7.11 Å². The minimum atomic E-state index is 0.679. The third-order valence-electron chi connectivity index (χ3n) is 5.76. The summed E-state index contributed by atoms with van der Waals surface area (Å²) in [4.78, 5) is 0. The predicted molar refractivity (Wildman–Crippen MR) is 171 cm³/mol. The highest BCUT2D eigenvalue weighted by molar-refractivity contribution is 5.37. The SMILES string of the molecule is CCOc1ccc(Oc2ccc(C)cc2)cc1.CCOc1ccc(Oc2ccccc2)cc1.COc1ccc(C)cc1. The Balaban J connectivity index is 0.000000181. The van der Waals surface area contributed by atoms with Gasteiger partial charge in [-0.25, -0.2) is 0 Å². The van der Waals surface area contributed by atoms with Crippen molar-refractivity contribution in [3.05, 3.63) is 139 Å². The fourth-order valence-corrected chi connectivity index (χ4v) is 3.58. The van der Waals surface area contributed by atoms with Crippen molar-refractivity contribution in [1.82, 2.24) is 0 Å². The molecule has 0 aliphatic carbocycles. The van der Waals surface area contributed by atoms with E-state index in [0.717, 1.165) is 40.2 Å². The first-order valence-corrected chi connectivity index (χ1v) is 14.0. The highest BCUT2D eigenvalue weighted by atomic mass is 16.5. The van der Waals surface area contributed by atoms with Gasteiger partial charge in [0.1, 0.15) is 40.2 Å². The third kappa shape index (κ3) is 11.7. The second kappa shape index (κ2) is 17.7. The molecule has 0 radical (unpaired) electrons. The van der Waals surface area contributed by atoms with Crippen molar-refractivity contribution < 1.29 is 23.7 Å². The zero-order valence-corrected chi connectivity index (χ0v) is 25.1. The van der Waals surface area contributed by atoms with E-state index >= 15 is 0 Å². The number of methoxy groups -OCH3 is 1. The van der Waals surface area contributed by atoms with Crippen LogP contribution in [-0.4, -0.2) is 20.3 Å². The van der Waals surface area contributed by atoms with Gasteiger partial charge in [-0.15, -0.1) is 0 Å². The lowest BCUT2D eigenvalue weighted by Gasteiger charge is -2.07. The molecule has 42 heavy (non-hydrogen) atoms. The Morgan fingerprint density at radius 2 is 0.690 bits per heavy atom. The molecule has 5 heteroatoms. The van der Waals surface area contributed by atoms with E-state index in [-0.39, 0.29) is 0 Å². The molecule has 0 aromatic heterocycles. The topological polar surface area (TPSA) is 46.2 Å². The summed E-state index contributed by atoms with van der Waals surface area (Å²) in [6.45, 7) is 9.41. The van der Waals surface area contributed by atoms with Gasteiger partial charge in [0.2, 0.25) is 0 Å². The van der Waals surface area contributed by atoms with E-state index < -0.39 is 0 Å². The van der Waals surface area contributed by atoms with Crippen molar-refractivity contribution in [2.45, 2.75) is 27.7 Å². The largest absolute Gasteiger partial charge is 0.497 e. The summed E-state index contributed by atoms with van der Waals surface area (Å²) in [5.74, 6) is 5.96. The Hall–Kier alpha value is -4.90. The lowest BCUT2D eigenvalue weighted by atomic mass is 10.2. The van der Waals surface area contributed by atoms with Gasteiger partial charge < -0.3 is 23.7 Å². The van der Waals surface area contributed by atoms with Gasteiger partial charge in [-0.2, -0.15) is 0 Å². The fourth-order valence-electron chi connectivity index (χ4n) is 3.58. The molecular formula is C37H40O5. The number of hydrogen-bond acceptors (Lipinski definition) is 5. The molecule has 5 rings (SSSR count). The first-order chi connectivity index (χ1) is 20.5. The minimum Gasteiger partial charge on any atom is -0.497 e. The lowest BCUT2D eigenvalue weighted by Crippen LogP contribution is -1.91. The first kappa shape index (κ1) is 31.6. The van der Waals surface area contributed by atoms with Gasteiger partial charge in [-0.3, -0.25) is 0 Å². The predicted octanol–water partition coefficient (Wildman–Crippen LogP) is 10.1. The van der Waals surface area contributed by atoms with Crippen LogP contribution in [0.25, 0.3) is 0 Å². The standard InChI is InChI=1S/C15H16O2.C14H14O2.C8H10O/c1-3-16-13-8-10-15(11-9-13)17-14-6-4-12(2)5-7-14;1-2-15-12-8-10-14(11-9-12)16-13-6-4-3-5-7-13;1-7-3-5-8(9-2)6-4-7/h4-11H,3H2,1-2H3;3-11H,2H2,1H3;3-6H,1-2H3. The van der Waals surface area contributed by atoms with E-state index in [2.05, 4.69) is 13.8 Å². The van der Waals surface area contributed by atoms with Crippen molar-refractivity contribution in [1.29, 1.82) is 0 Å². The Morgan fingerprint density at radius 3 is 1.05 bits per heavy atom. The molecule has 0 bridgehead atoms. The molecule has 0 saturated heterocycles. The zero-order valence-electron chi connectivity index (χ0n) is 25.1. The van der Waals surface area contributed by atoms with Crippen molar-refractivity contribution in [3.63, 3.8) is 0 Å². The van der Waals surface area contributed by atoms with Crippen molar-refractivity contribution in [2.24, 2.45) is 0 Å². The van der Waals surface area contributed by atoms with Crippen LogP contribution in [0.5, 0.6) is 40.2 Å². The highest BCUT2D eigenvalue weighted by Gasteiger charge is 1.99. The summed E-state index contributed by atoms with van der Waals surface area (Å²) in [7, 11) is 1.67. The molecule has 5 aromatic rings. The third-order valence-corrected chi connectivity index (χ3v) is 5.76. The lowest BCUT2D eigenvalue weighted by molar-refractivity contribution is 0.339. The second-order valence-electron chi connectivity index (χ2n) is 9.16. The summed E-state index contributed by atoms with van der Waals surface area (Å²) < 4.78 is 27.1. The van der Waals surface area contributed by atoms with E-state index in [0.29, 0.717) is 13.2 Å². The van der Waals surface area contributed by atoms with Crippen LogP contribution in [0.4, 0.5) is 0 Å². The molecule has 218 valence electrons. The molecule has 0 heterocycles. The summed E-state index contributed by atoms with van der Waals surface area (Å²) in [6, 6.07) is 40.9. The van der Waals surface area contributed by atoms with Crippen LogP contribution in [0.15, 0.2) is 127 Å². The molecule has 0 unspecified atom stereocenters. The second-order valence-corrected chi connectivity index (χ2v) is 9.16. The first-order valence-electron chi connectivity index (χ1n) is 14.0. The average Bonchev–Trinajstić information content (AvgIpc) is 3.02. The van der Waals surface area contributed by atoms with Gasteiger partial charge in [-0.05, 0) is 113 Å². The van der Waals surface area contributed by atoms with Crippen LogP contribution in [-0.2, 0) is 0 Å². The molecule has 0 atom stereocenters. The Bertz CT molecular complexity index is 1400. The summed E-state index contributed by atoms with van der Waals surface area (Å²) >= 11 is 0. The Morgan fingerprint density at radius 1 is 0.381 bits per heavy atom. The van der Waals surface area contributed by atoms with Gasteiger partial charge in [0, 0.05) is 0 Å². The summed E-state index contributed by atoms with van der Waals surface area (Å²) in [6.07, 6.45) is 0. The molecule has 0 N–H and O–H groups in total. The number of ether oxygens (including phenoxy) is 5. The molecule has 0 amide bonds. The minimum absolute atomic E-state index is 0.679. The van der Waals surface area contributed by atoms with Crippen LogP contribution < -0.4 is 23.7 Å². The maximum Gasteiger partial charge on any atom is 0.127 e. The molecular weight excluding hydrogens is 524 g/mol. The van der Waals surface area contributed by atoms with Crippen LogP contribution >= 0.6 is 0 Å². The molecule has 5 nitrogen and oxygen atoms in total. The molecule has 0 aliphatic rings. The number of aryl methyl sites for hydroxylation is 2. The van der Waals surface area contributed by atoms with Crippen molar-refractivity contribution in [3.8, 4) is 40.2 Å². The monoisotopic (exact) mass is 564 g/mol. The molecule has 0 fully saturated rings. The van der Waals surface area contributed by atoms with Crippen LogP contribution in [0.1, 0.15) is 25.0 Å². The molecule has 0 spiro atoms. The Labute approximate surface area is 250 Å². The molecule has 0 aliphatic heterocycles. The van der Waals surface area contributed by atoms with Gasteiger partial charge in [0.05, 0.1) is 20.3 Å². The zero-order chi connectivity index (χ0) is 30.0. The van der Waals surface area contributed by atoms with Gasteiger partial charge in [0.15, 0.2) is 0 Å². The van der Waals surface area contributed by atoms with Crippen molar-refractivity contribution in [2.75, 3.05) is 20.3 Å². The van der Waals surface area contributed by atoms with Gasteiger partial charge >= 0.3 is 0 Å². The van der Waals surface area contributed by atoms with Gasteiger partial charge in [0.25, 0.3) is 0 Å².